The van der Waals surface area contributed by atoms with E-state index in [1.54, 1.807) is 12.1 Å². The SMILES string of the molecule is S=C(Nc1ccccc1Cl)Nc1ncc(Cl)cc1Cl. The lowest BCUT2D eigenvalue weighted by Crippen LogP contribution is -2.20. The number of pyridine rings is 1. The predicted octanol–water partition coefficient (Wildman–Crippen LogP) is 4.85. The molecule has 2 aromatic rings. The number of hydrogen-bond donors (Lipinski definition) is 2. The molecule has 2 rings (SSSR count). The fraction of sp³-hybridized carbons (Fsp3) is 0. The molecule has 0 aliphatic carbocycles. The van der Waals surface area contributed by atoms with Crippen LogP contribution in [0, 0.1) is 0 Å². The van der Waals surface area contributed by atoms with Crippen molar-refractivity contribution >= 4 is 63.6 Å². The van der Waals surface area contributed by atoms with Crippen LogP contribution in [0.2, 0.25) is 15.1 Å². The molecule has 7 heteroatoms. The van der Waals surface area contributed by atoms with Gasteiger partial charge in [-0.25, -0.2) is 4.98 Å². The number of hydrogen-bond acceptors (Lipinski definition) is 2. The second-order valence-electron chi connectivity index (χ2n) is 3.54. The van der Waals surface area contributed by atoms with Gasteiger partial charge in [-0.05, 0) is 30.4 Å². The summed E-state index contributed by atoms with van der Waals surface area (Å²) in [6.45, 7) is 0. The van der Waals surface area contributed by atoms with Crippen LogP contribution in [0.25, 0.3) is 0 Å². The number of rotatable bonds is 2. The first-order valence-electron chi connectivity index (χ1n) is 5.20. The maximum atomic E-state index is 6.01. The Bertz CT molecular complexity index is 619. The van der Waals surface area contributed by atoms with Gasteiger partial charge < -0.3 is 10.6 Å². The van der Waals surface area contributed by atoms with Crippen molar-refractivity contribution in [3.63, 3.8) is 0 Å². The number of anilines is 2. The van der Waals surface area contributed by atoms with E-state index in [1.165, 1.54) is 6.20 Å². The van der Waals surface area contributed by atoms with Gasteiger partial charge in [-0.15, -0.1) is 0 Å². The predicted molar refractivity (Wildman–Crippen MR) is 85.6 cm³/mol. The van der Waals surface area contributed by atoms with Gasteiger partial charge in [0.1, 0.15) is 0 Å². The average Bonchev–Trinajstić information content (AvgIpc) is 2.36. The van der Waals surface area contributed by atoms with Crippen molar-refractivity contribution in [1.29, 1.82) is 0 Å². The highest BCUT2D eigenvalue weighted by Gasteiger charge is 2.06. The van der Waals surface area contributed by atoms with Gasteiger partial charge in [-0.3, -0.25) is 0 Å². The number of benzene rings is 1. The van der Waals surface area contributed by atoms with Crippen LogP contribution < -0.4 is 10.6 Å². The number of halogens is 3. The zero-order valence-electron chi connectivity index (χ0n) is 9.45. The molecule has 0 saturated carbocycles. The Morgan fingerprint density at radius 2 is 1.79 bits per heavy atom. The van der Waals surface area contributed by atoms with E-state index in [0.29, 0.717) is 31.7 Å². The average molecular weight is 333 g/mol. The second-order valence-corrected chi connectivity index (χ2v) is 5.20. The molecule has 1 aromatic carbocycles. The third-order valence-corrected chi connectivity index (χ3v) is 3.19. The monoisotopic (exact) mass is 331 g/mol. The van der Waals surface area contributed by atoms with Crippen molar-refractivity contribution in [2.75, 3.05) is 10.6 Å². The molecule has 1 aromatic heterocycles. The van der Waals surface area contributed by atoms with Crippen LogP contribution in [0.1, 0.15) is 0 Å². The summed E-state index contributed by atoms with van der Waals surface area (Å²) in [4.78, 5) is 4.05. The molecule has 0 unspecified atom stereocenters. The fourth-order valence-electron chi connectivity index (χ4n) is 1.33. The van der Waals surface area contributed by atoms with Gasteiger partial charge in [-0.1, -0.05) is 46.9 Å². The number of nitrogens with zero attached hydrogens (tertiary/aromatic N) is 1. The Morgan fingerprint density at radius 1 is 1.05 bits per heavy atom. The van der Waals surface area contributed by atoms with Crippen LogP contribution >= 0.6 is 47.0 Å². The normalized spacial score (nSPS) is 10.1. The first-order valence-corrected chi connectivity index (χ1v) is 6.74. The molecule has 0 spiro atoms. The fourth-order valence-corrected chi connectivity index (χ4v) is 2.15. The van der Waals surface area contributed by atoms with Gasteiger partial charge in [0.2, 0.25) is 0 Å². The second kappa shape index (κ2) is 6.39. The summed E-state index contributed by atoms with van der Waals surface area (Å²) < 4.78 is 0. The lowest BCUT2D eigenvalue weighted by molar-refractivity contribution is 1.32. The third kappa shape index (κ3) is 3.94. The minimum atomic E-state index is 0.338. The van der Waals surface area contributed by atoms with E-state index in [0.717, 1.165) is 0 Å². The minimum Gasteiger partial charge on any atom is -0.331 e. The molecule has 0 amide bonds. The van der Waals surface area contributed by atoms with Crippen LogP contribution in [-0.4, -0.2) is 10.1 Å². The lowest BCUT2D eigenvalue weighted by Gasteiger charge is -2.11. The Hall–Kier alpha value is -1.07. The van der Waals surface area contributed by atoms with Crippen molar-refractivity contribution < 1.29 is 0 Å². The first kappa shape index (κ1) is 14.3. The molecule has 1 heterocycles. The van der Waals surface area contributed by atoms with Crippen LogP contribution in [0.5, 0.6) is 0 Å². The molecule has 0 atom stereocenters. The summed E-state index contributed by atoms with van der Waals surface area (Å²) in [6.07, 6.45) is 1.48. The van der Waals surface area contributed by atoms with Gasteiger partial charge in [0, 0.05) is 6.20 Å². The van der Waals surface area contributed by atoms with E-state index in [4.69, 9.17) is 47.0 Å². The van der Waals surface area contributed by atoms with E-state index < -0.39 is 0 Å². The Balaban J connectivity index is 2.08. The van der Waals surface area contributed by atoms with Crippen molar-refractivity contribution in [2.45, 2.75) is 0 Å². The van der Waals surface area contributed by atoms with E-state index in [9.17, 15) is 0 Å². The summed E-state index contributed by atoms with van der Waals surface area (Å²) in [6, 6.07) is 8.84. The summed E-state index contributed by atoms with van der Waals surface area (Å²) in [5.41, 5.74) is 0.701. The van der Waals surface area contributed by atoms with Crippen molar-refractivity contribution in [3.05, 3.63) is 51.6 Å². The molecule has 0 bridgehead atoms. The summed E-state index contributed by atoms with van der Waals surface area (Å²) in [7, 11) is 0. The molecule has 0 aliphatic rings. The highest BCUT2D eigenvalue weighted by Crippen LogP contribution is 2.24. The van der Waals surface area contributed by atoms with Crippen LogP contribution in [0.15, 0.2) is 36.5 Å². The lowest BCUT2D eigenvalue weighted by atomic mass is 10.3. The van der Waals surface area contributed by atoms with E-state index in [1.807, 2.05) is 18.2 Å². The zero-order valence-corrected chi connectivity index (χ0v) is 12.5. The zero-order chi connectivity index (χ0) is 13.8. The van der Waals surface area contributed by atoms with Crippen molar-refractivity contribution in [3.8, 4) is 0 Å². The minimum absolute atomic E-state index is 0.338. The highest BCUT2D eigenvalue weighted by atomic mass is 35.5. The van der Waals surface area contributed by atoms with Gasteiger partial charge >= 0.3 is 0 Å². The van der Waals surface area contributed by atoms with Gasteiger partial charge in [0.05, 0.1) is 20.8 Å². The quantitative estimate of drug-likeness (QED) is 0.771. The van der Waals surface area contributed by atoms with Gasteiger partial charge in [0.15, 0.2) is 10.9 Å². The largest absolute Gasteiger partial charge is 0.331 e. The molecular weight excluding hydrogens is 325 g/mol. The summed E-state index contributed by atoms with van der Waals surface area (Å²) in [5.74, 6) is 0.427. The van der Waals surface area contributed by atoms with E-state index >= 15 is 0 Å². The molecule has 98 valence electrons. The Kier molecular flexibility index (Phi) is 4.82. The Morgan fingerprint density at radius 3 is 2.47 bits per heavy atom. The molecule has 0 saturated heterocycles. The van der Waals surface area contributed by atoms with Gasteiger partial charge in [-0.2, -0.15) is 0 Å². The van der Waals surface area contributed by atoms with Crippen molar-refractivity contribution in [2.24, 2.45) is 0 Å². The molecule has 19 heavy (non-hydrogen) atoms. The molecule has 0 radical (unpaired) electrons. The van der Waals surface area contributed by atoms with Crippen molar-refractivity contribution in [1.82, 2.24) is 4.98 Å². The smallest absolute Gasteiger partial charge is 0.176 e. The third-order valence-electron chi connectivity index (χ3n) is 2.16. The maximum absolute atomic E-state index is 6.01. The van der Waals surface area contributed by atoms with Crippen LogP contribution in [0.4, 0.5) is 11.5 Å². The topological polar surface area (TPSA) is 37.0 Å². The van der Waals surface area contributed by atoms with Crippen LogP contribution in [0.3, 0.4) is 0 Å². The van der Waals surface area contributed by atoms with E-state index in [2.05, 4.69) is 15.6 Å². The maximum Gasteiger partial charge on any atom is 0.176 e. The molecule has 0 fully saturated rings. The summed E-state index contributed by atoms with van der Waals surface area (Å²) >= 11 is 22.9. The highest BCUT2D eigenvalue weighted by molar-refractivity contribution is 7.80. The van der Waals surface area contributed by atoms with Crippen LogP contribution in [-0.2, 0) is 0 Å². The number of thiocarbonyl (C=S) groups is 1. The first-order chi connectivity index (χ1) is 9.06. The Labute approximate surface area is 130 Å². The number of nitrogens with one attached hydrogen (secondary N) is 2. The summed E-state index contributed by atoms with van der Waals surface area (Å²) in [5, 5.41) is 7.58. The number of aromatic nitrogens is 1. The number of para-hydroxylation sites is 1. The standard InChI is InChI=1S/C12H8Cl3N3S/c13-7-5-9(15)11(16-6-7)18-12(19)17-10-4-2-1-3-8(10)14/h1-6H,(H2,16,17,18,19). The molecule has 2 N–H and O–H groups in total. The molecule has 0 aliphatic heterocycles. The molecular formula is C12H8Cl3N3S. The van der Waals surface area contributed by atoms with E-state index in [-0.39, 0.29) is 0 Å². The van der Waals surface area contributed by atoms with Gasteiger partial charge in [0.25, 0.3) is 0 Å². The molecule has 3 nitrogen and oxygen atoms in total.